The molecule has 4 nitrogen and oxygen atoms in total. The van der Waals surface area contributed by atoms with Crippen LogP contribution in [0.5, 0.6) is 0 Å². The first-order valence-electron chi connectivity index (χ1n) is 22.6. The van der Waals surface area contributed by atoms with Gasteiger partial charge >= 0.3 is 0 Å². The van der Waals surface area contributed by atoms with Crippen molar-refractivity contribution in [3.8, 4) is 0 Å². The van der Waals surface area contributed by atoms with E-state index in [0.717, 1.165) is 25.9 Å². The molecule has 0 atom stereocenters. The minimum Gasteiger partial charge on any atom is -0.382 e. The summed E-state index contributed by atoms with van der Waals surface area (Å²) in [7, 11) is 1.68. The monoisotopic (exact) mass is 694 g/mol. The summed E-state index contributed by atoms with van der Waals surface area (Å²) < 4.78 is 10.7. The van der Waals surface area contributed by atoms with Crippen LogP contribution in [0.1, 0.15) is 245 Å². The van der Waals surface area contributed by atoms with Crippen molar-refractivity contribution >= 4 is 5.91 Å². The van der Waals surface area contributed by atoms with E-state index in [1.165, 1.54) is 218 Å². The molecule has 0 aromatic heterocycles. The van der Waals surface area contributed by atoms with Crippen LogP contribution in [-0.4, -0.2) is 50.8 Å². The number of methoxy groups -OCH3 is 1. The van der Waals surface area contributed by atoms with Crippen molar-refractivity contribution < 1.29 is 14.3 Å². The zero-order valence-corrected chi connectivity index (χ0v) is 34.2. The first kappa shape index (κ1) is 48.4. The van der Waals surface area contributed by atoms with Gasteiger partial charge in [0.2, 0.25) is 5.91 Å². The van der Waals surface area contributed by atoms with Crippen LogP contribution >= 0.6 is 0 Å². The van der Waals surface area contributed by atoms with Gasteiger partial charge in [0.25, 0.3) is 0 Å². The van der Waals surface area contributed by atoms with Crippen LogP contribution in [0.25, 0.3) is 0 Å². The summed E-state index contributed by atoms with van der Waals surface area (Å²) in [6.45, 7) is 7.62. The number of nitrogens with zero attached hydrogens (tertiary/aromatic N) is 1. The number of hydrogen-bond donors (Lipinski definition) is 0. The minimum atomic E-state index is 0.162. The SMILES string of the molecule is CCCCCCCCCCCCCCCCCCCCN(CCCCCCCCCCCCCCCCCCCC)C(=O)COCCOC. The van der Waals surface area contributed by atoms with Gasteiger partial charge in [0.05, 0.1) is 13.2 Å². The lowest BCUT2D eigenvalue weighted by molar-refractivity contribution is -0.136. The van der Waals surface area contributed by atoms with E-state index in [0.29, 0.717) is 13.2 Å². The van der Waals surface area contributed by atoms with Crippen molar-refractivity contribution in [3.63, 3.8) is 0 Å². The maximum absolute atomic E-state index is 12.9. The van der Waals surface area contributed by atoms with Crippen LogP contribution in [0.15, 0.2) is 0 Å². The molecule has 0 aliphatic rings. The molecule has 49 heavy (non-hydrogen) atoms. The Morgan fingerprint density at radius 2 is 0.612 bits per heavy atom. The second-order valence-corrected chi connectivity index (χ2v) is 15.4. The highest BCUT2D eigenvalue weighted by atomic mass is 16.5. The lowest BCUT2D eigenvalue weighted by Crippen LogP contribution is -2.36. The molecule has 0 unspecified atom stereocenters. The molecule has 0 heterocycles. The third-order valence-corrected chi connectivity index (χ3v) is 10.6. The molecule has 0 aromatic carbocycles. The Balaban J connectivity index is 3.76. The normalized spacial score (nSPS) is 11.5. The third kappa shape index (κ3) is 40.0. The maximum Gasteiger partial charge on any atom is 0.248 e. The van der Waals surface area contributed by atoms with Gasteiger partial charge < -0.3 is 14.4 Å². The van der Waals surface area contributed by atoms with Gasteiger partial charge in [-0.2, -0.15) is 0 Å². The first-order valence-corrected chi connectivity index (χ1v) is 22.6. The smallest absolute Gasteiger partial charge is 0.248 e. The molecule has 1 amide bonds. The highest BCUT2D eigenvalue weighted by molar-refractivity contribution is 5.77. The van der Waals surface area contributed by atoms with Gasteiger partial charge in [0.15, 0.2) is 0 Å². The Bertz CT molecular complexity index is 572. The van der Waals surface area contributed by atoms with Gasteiger partial charge in [-0.1, -0.05) is 232 Å². The number of hydrogen-bond acceptors (Lipinski definition) is 3. The van der Waals surface area contributed by atoms with Crippen LogP contribution in [0.3, 0.4) is 0 Å². The Morgan fingerprint density at radius 1 is 0.367 bits per heavy atom. The standard InChI is InChI=1S/C45H91NO3/c1-4-6-8-10-12-14-16-18-20-22-24-26-28-30-32-34-36-38-40-46(45(47)44-49-43-42-48-3)41-39-37-35-33-31-29-27-25-23-21-19-17-15-13-11-9-7-5-2/h4-44H2,1-3H3. The molecule has 0 saturated carbocycles. The van der Waals surface area contributed by atoms with Crippen LogP contribution in [0.4, 0.5) is 0 Å². The second-order valence-electron chi connectivity index (χ2n) is 15.4. The molecular weight excluding hydrogens is 602 g/mol. The van der Waals surface area contributed by atoms with Crippen molar-refractivity contribution in [2.45, 2.75) is 245 Å². The second kappa shape index (κ2) is 43.6. The molecular formula is C45H91NO3. The Hall–Kier alpha value is -0.610. The zero-order valence-electron chi connectivity index (χ0n) is 34.2. The summed E-state index contributed by atoms with van der Waals surface area (Å²) in [5.74, 6) is 0.162. The van der Waals surface area contributed by atoms with E-state index >= 15 is 0 Å². The average Bonchev–Trinajstić information content (AvgIpc) is 3.11. The summed E-state index contributed by atoms with van der Waals surface area (Å²) >= 11 is 0. The van der Waals surface area contributed by atoms with Gasteiger partial charge in [0, 0.05) is 20.2 Å². The van der Waals surface area contributed by atoms with Gasteiger partial charge in [-0.3, -0.25) is 4.79 Å². The molecule has 0 aromatic rings. The molecule has 0 aliphatic carbocycles. The van der Waals surface area contributed by atoms with Crippen molar-refractivity contribution in [3.05, 3.63) is 0 Å². The maximum atomic E-state index is 12.9. The van der Waals surface area contributed by atoms with Crippen molar-refractivity contribution in [1.82, 2.24) is 4.90 Å². The predicted octanol–water partition coefficient (Wildman–Crippen LogP) is 14.6. The summed E-state index contributed by atoms with van der Waals surface area (Å²) in [5.41, 5.74) is 0. The molecule has 0 radical (unpaired) electrons. The van der Waals surface area contributed by atoms with E-state index in [-0.39, 0.29) is 12.5 Å². The van der Waals surface area contributed by atoms with E-state index in [2.05, 4.69) is 18.7 Å². The molecule has 294 valence electrons. The summed E-state index contributed by atoms with van der Waals surface area (Å²) in [6, 6.07) is 0. The van der Waals surface area contributed by atoms with Crippen LogP contribution in [0.2, 0.25) is 0 Å². The van der Waals surface area contributed by atoms with E-state index in [1.54, 1.807) is 7.11 Å². The summed E-state index contributed by atoms with van der Waals surface area (Å²) in [5, 5.41) is 0. The number of carbonyl (C=O) groups excluding carboxylic acids is 1. The van der Waals surface area contributed by atoms with E-state index in [1.807, 2.05) is 0 Å². The van der Waals surface area contributed by atoms with E-state index in [4.69, 9.17) is 9.47 Å². The third-order valence-electron chi connectivity index (χ3n) is 10.6. The van der Waals surface area contributed by atoms with Crippen LogP contribution in [0, 0.1) is 0 Å². The summed E-state index contributed by atoms with van der Waals surface area (Å²) in [4.78, 5) is 15.0. The molecule has 0 spiro atoms. The van der Waals surface area contributed by atoms with Crippen molar-refractivity contribution in [2.75, 3.05) is 40.0 Å². The fraction of sp³-hybridized carbons (Fsp3) is 0.978. The lowest BCUT2D eigenvalue weighted by Gasteiger charge is -2.23. The Labute approximate surface area is 309 Å². The fourth-order valence-corrected chi connectivity index (χ4v) is 7.16. The van der Waals surface area contributed by atoms with Crippen LogP contribution < -0.4 is 0 Å². The van der Waals surface area contributed by atoms with Gasteiger partial charge in [-0.05, 0) is 12.8 Å². The fourth-order valence-electron chi connectivity index (χ4n) is 7.16. The van der Waals surface area contributed by atoms with E-state index < -0.39 is 0 Å². The molecule has 0 rings (SSSR count). The highest BCUT2D eigenvalue weighted by Crippen LogP contribution is 2.16. The number of rotatable bonds is 43. The quantitative estimate of drug-likeness (QED) is 0.0597. The van der Waals surface area contributed by atoms with Crippen LogP contribution in [-0.2, 0) is 14.3 Å². The molecule has 0 saturated heterocycles. The Morgan fingerprint density at radius 3 is 0.857 bits per heavy atom. The molecule has 0 bridgehead atoms. The average molecular weight is 694 g/mol. The lowest BCUT2D eigenvalue weighted by atomic mass is 10.0. The number of carbonyl (C=O) groups is 1. The van der Waals surface area contributed by atoms with Gasteiger partial charge in [-0.15, -0.1) is 0 Å². The Kier molecular flexibility index (Phi) is 43.0. The highest BCUT2D eigenvalue weighted by Gasteiger charge is 2.13. The van der Waals surface area contributed by atoms with Crippen molar-refractivity contribution in [1.29, 1.82) is 0 Å². The summed E-state index contributed by atoms with van der Waals surface area (Å²) in [6.07, 6.45) is 50.1. The molecule has 0 aliphatic heterocycles. The molecule has 0 N–H and O–H groups in total. The van der Waals surface area contributed by atoms with E-state index in [9.17, 15) is 4.79 Å². The predicted molar refractivity (Wildman–Crippen MR) is 217 cm³/mol. The van der Waals surface area contributed by atoms with Gasteiger partial charge in [0.1, 0.15) is 6.61 Å². The number of unbranched alkanes of at least 4 members (excludes halogenated alkanes) is 34. The minimum absolute atomic E-state index is 0.162. The van der Waals surface area contributed by atoms with Crippen molar-refractivity contribution in [2.24, 2.45) is 0 Å². The largest absolute Gasteiger partial charge is 0.382 e. The first-order chi connectivity index (χ1) is 24.3. The number of amides is 1. The molecule has 4 heteroatoms. The van der Waals surface area contributed by atoms with Gasteiger partial charge in [-0.25, -0.2) is 0 Å². The zero-order chi connectivity index (χ0) is 35.6. The number of ether oxygens (including phenoxy) is 2. The molecule has 0 fully saturated rings. The topological polar surface area (TPSA) is 38.8 Å².